The summed E-state index contributed by atoms with van der Waals surface area (Å²) in [6.45, 7) is 1.93. The van der Waals surface area contributed by atoms with Gasteiger partial charge in [-0.2, -0.15) is 5.26 Å². The molecule has 0 bridgehead atoms. The Morgan fingerprint density at radius 2 is 1.83 bits per heavy atom. The van der Waals surface area contributed by atoms with Crippen LogP contribution in [0.4, 0.5) is 0 Å². The fourth-order valence-electron chi connectivity index (χ4n) is 1.49. The maximum Gasteiger partial charge on any atom is 0.327 e. The number of carbonyl (C=O) groups is 1. The zero-order chi connectivity index (χ0) is 13.5. The quantitative estimate of drug-likeness (QED) is 0.745. The van der Waals surface area contributed by atoms with Crippen LogP contribution in [0.15, 0.2) is 18.2 Å². The third-order valence-corrected chi connectivity index (χ3v) is 2.36. The summed E-state index contributed by atoms with van der Waals surface area (Å²) in [5, 5.41) is 9.07. The standard InChI is InChI=1S/C13H15NO4/c1-4-18-13(15)12(8-14)9-5-10(16-2)7-11(6-9)17-3/h5-7,12H,4H2,1-3H3/t12-/m0/s1. The molecule has 1 atom stereocenters. The van der Waals surface area contributed by atoms with Gasteiger partial charge in [0.05, 0.1) is 26.9 Å². The molecule has 0 aliphatic rings. The highest BCUT2D eigenvalue weighted by atomic mass is 16.5. The van der Waals surface area contributed by atoms with Gasteiger partial charge in [-0.3, -0.25) is 4.79 Å². The Morgan fingerprint density at radius 3 is 2.22 bits per heavy atom. The van der Waals surface area contributed by atoms with E-state index in [-0.39, 0.29) is 6.61 Å². The van der Waals surface area contributed by atoms with Crippen molar-refractivity contribution in [3.8, 4) is 17.6 Å². The van der Waals surface area contributed by atoms with Gasteiger partial charge in [-0.1, -0.05) is 0 Å². The van der Waals surface area contributed by atoms with E-state index < -0.39 is 11.9 Å². The molecule has 0 fully saturated rings. The van der Waals surface area contributed by atoms with E-state index in [9.17, 15) is 4.79 Å². The Hall–Kier alpha value is -2.22. The zero-order valence-electron chi connectivity index (χ0n) is 10.6. The Kier molecular flexibility index (Phi) is 5.00. The first kappa shape index (κ1) is 13.8. The molecule has 96 valence electrons. The van der Waals surface area contributed by atoms with Crippen molar-refractivity contribution in [2.75, 3.05) is 20.8 Å². The number of methoxy groups -OCH3 is 2. The first-order chi connectivity index (χ1) is 8.65. The molecule has 1 aromatic rings. The molecule has 18 heavy (non-hydrogen) atoms. The van der Waals surface area contributed by atoms with Gasteiger partial charge < -0.3 is 14.2 Å². The fourth-order valence-corrected chi connectivity index (χ4v) is 1.49. The van der Waals surface area contributed by atoms with Crippen LogP contribution in [0.1, 0.15) is 18.4 Å². The summed E-state index contributed by atoms with van der Waals surface area (Å²) in [5.41, 5.74) is 0.493. The highest BCUT2D eigenvalue weighted by Crippen LogP contribution is 2.27. The number of nitrogens with zero attached hydrogens (tertiary/aromatic N) is 1. The van der Waals surface area contributed by atoms with Crippen molar-refractivity contribution in [3.05, 3.63) is 23.8 Å². The molecule has 5 heteroatoms. The van der Waals surface area contributed by atoms with Crippen molar-refractivity contribution < 1.29 is 19.0 Å². The fraction of sp³-hybridized carbons (Fsp3) is 0.385. The van der Waals surface area contributed by atoms with E-state index in [1.165, 1.54) is 14.2 Å². The van der Waals surface area contributed by atoms with E-state index in [0.29, 0.717) is 17.1 Å². The zero-order valence-corrected chi connectivity index (χ0v) is 10.6. The predicted octanol–water partition coefficient (Wildman–Crippen LogP) is 1.87. The molecule has 0 heterocycles. The molecule has 5 nitrogen and oxygen atoms in total. The first-order valence-electron chi connectivity index (χ1n) is 5.45. The molecule has 0 unspecified atom stereocenters. The lowest BCUT2D eigenvalue weighted by molar-refractivity contribution is -0.143. The second kappa shape index (κ2) is 6.50. The average molecular weight is 249 g/mol. The van der Waals surface area contributed by atoms with E-state index in [0.717, 1.165) is 0 Å². The highest BCUT2D eigenvalue weighted by molar-refractivity contribution is 5.81. The van der Waals surface area contributed by atoms with E-state index >= 15 is 0 Å². The summed E-state index contributed by atoms with van der Waals surface area (Å²) in [4.78, 5) is 11.6. The van der Waals surface area contributed by atoms with Crippen LogP contribution < -0.4 is 9.47 Å². The maximum absolute atomic E-state index is 11.6. The van der Waals surface area contributed by atoms with Crippen molar-refractivity contribution >= 4 is 5.97 Å². The summed E-state index contributed by atoms with van der Waals surface area (Å²) >= 11 is 0. The van der Waals surface area contributed by atoms with Gasteiger partial charge in [-0.15, -0.1) is 0 Å². The van der Waals surface area contributed by atoms with E-state index in [4.69, 9.17) is 19.5 Å². The minimum Gasteiger partial charge on any atom is -0.497 e. The van der Waals surface area contributed by atoms with Gasteiger partial charge in [-0.05, 0) is 24.6 Å². The minimum atomic E-state index is -0.978. The first-order valence-corrected chi connectivity index (χ1v) is 5.45. The molecule has 0 saturated carbocycles. The number of ether oxygens (including phenoxy) is 3. The number of nitriles is 1. The van der Waals surface area contributed by atoms with Gasteiger partial charge in [0.1, 0.15) is 11.5 Å². The second-order valence-electron chi connectivity index (χ2n) is 3.46. The highest BCUT2D eigenvalue weighted by Gasteiger charge is 2.22. The lowest BCUT2D eigenvalue weighted by Crippen LogP contribution is -2.14. The predicted molar refractivity (Wildman–Crippen MR) is 64.5 cm³/mol. The van der Waals surface area contributed by atoms with Crippen LogP contribution in [0, 0.1) is 11.3 Å². The summed E-state index contributed by atoms with van der Waals surface area (Å²) in [7, 11) is 3.01. The normalized spacial score (nSPS) is 11.2. The van der Waals surface area contributed by atoms with E-state index in [2.05, 4.69) is 0 Å². The Bertz CT molecular complexity index is 442. The van der Waals surface area contributed by atoms with Crippen LogP contribution in [-0.2, 0) is 9.53 Å². The molecular weight excluding hydrogens is 234 g/mol. The molecule has 0 N–H and O–H groups in total. The van der Waals surface area contributed by atoms with Crippen LogP contribution in [0.2, 0.25) is 0 Å². The Labute approximate surface area is 106 Å². The van der Waals surface area contributed by atoms with E-state index in [1.807, 2.05) is 6.07 Å². The van der Waals surface area contributed by atoms with Crippen LogP contribution in [0.5, 0.6) is 11.5 Å². The van der Waals surface area contributed by atoms with Gasteiger partial charge in [0.2, 0.25) is 0 Å². The third kappa shape index (κ3) is 3.14. The van der Waals surface area contributed by atoms with Gasteiger partial charge in [0.15, 0.2) is 5.92 Å². The number of carbonyl (C=O) groups excluding carboxylic acids is 1. The molecule has 1 rings (SSSR count). The largest absolute Gasteiger partial charge is 0.497 e. The van der Waals surface area contributed by atoms with Crippen molar-refractivity contribution in [2.45, 2.75) is 12.8 Å². The number of benzene rings is 1. The molecule has 0 radical (unpaired) electrons. The van der Waals surface area contributed by atoms with Crippen LogP contribution in [-0.4, -0.2) is 26.8 Å². The van der Waals surface area contributed by atoms with Crippen LogP contribution in [0.25, 0.3) is 0 Å². The number of hydrogen-bond donors (Lipinski definition) is 0. The topological polar surface area (TPSA) is 68.6 Å². The second-order valence-corrected chi connectivity index (χ2v) is 3.46. The Morgan fingerprint density at radius 1 is 1.28 bits per heavy atom. The molecule has 0 aliphatic carbocycles. The lowest BCUT2D eigenvalue weighted by Gasteiger charge is -2.12. The molecule has 0 saturated heterocycles. The number of hydrogen-bond acceptors (Lipinski definition) is 5. The van der Waals surface area contributed by atoms with Crippen molar-refractivity contribution in [1.29, 1.82) is 5.26 Å². The SMILES string of the molecule is CCOC(=O)[C@@H](C#N)c1cc(OC)cc(OC)c1. The maximum atomic E-state index is 11.6. The van der Waals surface area contributed by atoms with Crippen LogP contribution >= 0.6 is 0 Å². The summed E-state index contributed by atoms with van der Waals surface area (Å²) in [6, 6.07) is 6.83. The summed E-state index contributed by atoms with van der Waals surface area (Å²) in [5.74, 6) is -0.507. The molecular formula is C13H15NO4. The van der Waals surface area contributed by atoms with Gasteiger partial charge in [-0.25, -0.2) is 0 Å². The van der Waals surface area contributed by atoms with Gasteiger partial charge >= 0.3 is 5.97 Å². The average Bonchev–Trinajstić information content (AvgIpc) is 2.39. The molecule has 0 amide bonds. The van der Waals surface area contributed by atoms with Crippen molar-refractivity contribution in [1.82, 2.24) is 0 Å². The molecule has 0 spiro atoms. The lowest BCUT2D eigenvalue weighted by atomic mass is 10.00. The van der Waals surface area contributed by atoms with Gasteiger partial charge in [0.25, 0.3) is 0 Å². The third-order valence-electron chi connectivity index (χ3n) is 2.36. The number of rotatable bonds is 5. The molecule has 1 aromatic carbocycles. The van der Waals surface area contributed by atoms with E-state index in [1.54, 1.807) is 25.1 Å². The van der Waals surface area contributed by atoms with Crippen molar-refractivity contribution in [3.63, 3.8) is 0 Å². The summed E-state index contributed by atoms with van der Waals surface area (Å²) in [6.07, 6.45) is 0. The summed E-state index contributed by atoms with van der Waals surface area (Å²) < 4.78 is 15.0. The van der Waals surface area contributed by atoms with Crippen molar-refractivity contribution in [2.24, 2.45) is 0 Å². The smallest absolute Gasteiger partial charge is 0.327 e. The van der Waals surface area contributed by atoms with Crippen LogP contribution in [0.3, 0.4) is 0 Å². The monoisotopic (exact) mass is 249 g/mol. The molecule has 0 aliphatic heterocycles. The Balaban J connectivity index is 3.13. The van der Waals surface area contributed by atoms with Gasteiger partial charge in [0, 0.05) is 6.07 Å². The molecule has 0 aromatic heterocycles. The number of esters is 1. The minimum absolute atomic E-state index is 0.234.